The lowest BCUT2D eigenvalue weighted by Crippen LogP contribution is -2.30. The van der Waals surface area contributed by atoms with Gasteiger partial charge in [-0.25, -0.2) is 9.97 Å². The maximum absolute atomic E-state index is 11.8. The Morgan fingerprint density at radius 3 is 2.45 bits per heavy atom. The van der Waals surface area contributed by atoms with Crippen LogP contribution in [-0.2, 0) is 4.79 Å². The summed E-state index contributed by atoms with van der Waals surface area (Å²) in [4.78, 5) is 20.3. The van der Waals surface area contributed by atoms with Crippen LogP contribution in [0.3, 0.4) is 0 Å². The van der Waals surface area contributed by atoms with Crippen molar-refractivity contribution in [2.24, 2.45) is 0 Å². The summed E-state index contributed by atoms with van der Waals surface area (Å²) < 4.78 is 0. The Labute approximate surface area is 142 Å². The number of hydrogen-bond acceptors (Lipinski definition) is 5. The molecule has 0 unspecified atom stereocenters. The third-order valence-corrected chi connectivity index (χ3v) is 4.15. The van der Waals surface area contributed by atoms with E-state index < -0.39 is 0 Å². The first-order valence-corrected chi connectivity index (χ1v) is 8.13. The number of aromatic nitrogens is 2. The first-order valence-electron chi connectivity index (χ1n) is 6.39. The molecule has 1 amide bonds. The van der Waals surface area contributed by atoms with Gasteiger partial charge in [0.25, 0.3) is 0 Å². The van der Waals surface area contributed by atoms with E-state index in [1.54, 1.807) is 18.2 Å². The number of rotatable bonds is 5. The average Bonchev–Trinajstić information content (AvgIpc) is 2.45. The van der Waals surface area contributed by atoms with Crippen molar-refractivity contribution in [1.82, 2.24) is 15.4 Å². The summed E-state index contributed by atoms with van der Waals surface area (Å²) in [6.45, 7) is 3.79. The van der Waals surface area contributed by atoms with Gasteiger partial charge >= 0.3 is 0 Å². The van der Waals surface area contributed by atoms with Crippen molar-refractivity contribution < 1.29 is 4.79 Å². The second-order valence-corrected chi connectivity index (χ2v) is 6.28. The maximum atomic E-state index is 11.8. The highest BCUT2D eigenvalue weighted by atomic mass is 35.5. The molecule has 0 fully saturated rings. The van der Waals surface area contributed by atoms with Gasteiger partial charge in [0.2, 0.25) is 5.91 Å². The number of carbonyl (C=O) groups excluding carboxylic acids is 1. The minimum absolute atomic E-state index is 0.196. The van der Waals surface area contributed by atoms with E-state index in [4.69, 9.17) is 23.2 Å². The molecule has 2 aromatic rings. The van der Waals surface area contributed by atoms with Gasteiger partial charge in [0.05, 0.1) is 21.5 Å². The van der Waals surface area contributed by atoms with E-state index in [2.05, 4.69) is 20.8 Å². The van der Waals surface area contributed by atoms with Crippen molar-refractivity contribution in [2.45, 2.75) is 19.0 Å². The molecule has 8 heteroatoms. The molecule has 0 bridgehead atoms. The molecule has 116 valence electrons. The number of hydrazine groups is 1. The van der Waals surface area contributed by atoms with Crippen molar-refractivity contribution in [3.05, 3.63) is 45.7 Å². The second kappa shape index (κ2) is 7.67. The first-order chi connectivity index (χ1) is 10.4. The fourth-order valence-electron chi connectivity index (χ4n) is 1.64. The fourth-order valence-corrected chi connectivity index (χ4v) is 2.69. The Morgan fingerprint density at radius 1 is 1.14 bits per heavy atom. The van der Waals surface area contributed by atoms with Crippen molar-refractivity contribution in [3.8, 4) is 0 Å². The lowest BCUT2D eigenvalue weighted by molar-refractivity contribution is -0.118. The maximum Gasteiger partial charge on any atom is 0.248 e. The Bertz CT molecular complexity index is 676. The highest BCUT2D eigenvalue weighted by molar-refractivity contribution is 7.99. The number of anilines is 1. The number of carbonyl (C=O) groups is 1. The number of nitrogens with one attached hydrogen (secondary N) is 2. The van der Waals surface area contributed by atoms with Crippen LogP contribution in [0.25, 0.3) is 0 Å². The Kier molecular flexibility index (Phi) is 5.88. The van der Waals surface area contributed by atoms with Crippen LogP contribution >= 0.6 is 35.0 Å². The van der Waals surface area contributed by atoms with E-state index in [0.29, 0.717) is 20.9 Å². The van der Waals surface area contributed by atoms with Gasteiger partial charge in [-0.3, -0.25) is 15.6 Å². The zero-order valence-electron chi connectivity index (χ0n) is 12.0. The van der Waals surface area contributed by atoms with Crippen LogP contribution in [0.5, 0.6) is 0 Å². The fraction of sp³-hybridized carbons (Fsp3) is 0.214. The summed E-state index contributed by atoms with van der Waals surface area (Å²) in [6, 6.07) is 6.88. The summed E-state index contributed by atoms with van der Waals surface area (Å²) in [5, 5.41) is 1.46. The van der Waals surface area contributed by atoms with E-state index in [1.165, 1.54) is 11.8 Å². The highest BCUT2D eigenvalue weighted by Gasteiger charge is 2.06. The van der Waals surface area contributed by atoms with Gasteiger partial charge in [0.15, 0.2) is 5.16 Å². The van der Waals surface area contributed by atoms with Crippen molar-refractivity contribution in [2.75, 3.05) is 11.2 Å². The van der Waals surface area contributed by atoms with Gasteiger partial charge in [0, 0.05) is 11.4 Å². The van der Waals surface area contributed by atoms with Crippen molar-refractivity contribution in [3.63, 3.8) is 0 Å². The molecule has 2 rings (SSSR count). The number of benzene rings is 1. The van der Waals surface area contributed by atoms with Crippen LogP contribution in [0.15, 0.2) is 29.4 Å². The van der Waals surface area contributed by atoms with E-state index in [1.807, 2.05) is 19.9 Å². The molecule has 1 aromatic heterocycles. The summed E-state index contributed by atoms with van der Waals surface area (Å²) in [5.74, 6) is 0.0100. The summed E-state index contributed by atoms with van der Waals surface area (Å²) in [6.07, 6.45) is 0. The van der Waals surface area contributed by atoms with Crippen molar-refractivity contribution in [1.29, 1.82) is 0 Å². The molecule has 0 aliphatic carbocycles. The number of amides is 1. The quantitative estimate of drug-likeness (QED) is 0.486. The number of thioether (sulfide) groups is 1. The van der Waals surface area contributed by atoms with Gasteiger partial charge in [-0.05, 0) is 38.1 Å². The molecule has 22 heavy (non-hydrogen) atoms. The minimum atomic E-state index is -0.196. The molecule has 1 heterocycles. The molecule has 0 radical (unpaired) electrons. The van der Waals surface area contributed by atoms with E-state index in [9.17, 15) is 4.79 Å². The van der Waals surface area contributed by atoms with E-state index in [0.717, 1.165) is 11.4 Å². The standard InChI is InChI=1S/C14H14Cl2N4OS/c1-8-5-9(2)18-14(17-8)22-7-13(21)20-19-10-3-4-11(15)12(16)6-10/h3-6,19H,7H2,1-2H3,(H,20,21). The lowest BCUT2D eigenvalue weighted by atomic mass is 10.3. The molecule has 0 aliphatic rings. The molecule has 5 nitrogen and oxygen atoms in total. The smallest absolute Gasteiger partial charge is 0.248 e. The van der Waals surface area contributed by atoms with Crippen LogP contribution < -0.4 is 10.9 Å². The summed E-state index contributed by atoms with van der Waals surface area (Å²) >= 11 is 13.0. The SMILES string of the molecule is Cc1cc(C)nc(SCC(=O)NNc2ccc(Cl)c(Cl)c2)n1. The van der Waals surface area contributed by atoms with E-state index >= 15 is 0 Å². The third kappa shape index (κ3) is 5.05. The minimum Gasteiger partial charge on any atom is -0.299 e. The van der Waals surface area contributed by atoms with Crippen molar-refractivity contribution >= 4 is 46.6 Å². The number of halogens is 2. The molecule has 0 atom stereocenters. The van der Waals surface area contributed by atoms with Crippen LogP contribution in [-0.4, -0.2) is 21.6 Å². The van der Waals surface area contributed by atoms with Gasteiger partial charge in [0.1, 0.15) is 0 Å². The van der Waals surface area contributed by atoms with Gasteiger partial charge in [-0.1, -0.05) is 35.0 Å². The predicted octanol–water partition coefficient (Wildman–Crippen LogP) is 3.64. The monoisotopic (exact) mass is 356 g/mol. The third-order valence-electron chi connectivity index (χ3n) is 2.56. The lowest BCUT2D eigenvalue weighted by Gasteiger charge is -2.09. The largest absolute Gasteiger partial charge is 0.299 e. The number of nitrogens with zero attached hydrogens (tertiary/aromatic N) is 2. The number of hydrogen-bond donors (Lipinski definition) is 2. The summed E-state index contributed by atoms with van der Waals surface area (Å²) in [7, 11) is 0. The van der Waals surface area contributed by atoms with Gasteiger partial charge in [-0.15, -0.1) is 0 Å². The van der Waals surface area contributed by atoms with E-state index in [-0.39, 0.29) is 11.7 Å². The number of aryl methyl sites for hydroxylation is 2. The van der Waals surface area contributed by atoms with Crippen LogP contribution in [0.2, 0.25) is 10.0 Å². The summed E-state index contributed by atoms with van der Waals surface area (Å²) in [5.41, 5.74) is 7.76. The highest BCUT2D eigenvalue weighted by Crippen LogP contribution is 2.24. The van der Waals surface area contributed by atoms with Gasteiger partial charge in [-0.2, -0.15) is 0 Å². The average molecular weight is 357 g/mol. The topological polar surface area (TPSA) is 66.9 Å². The molecule has 0 aliphatic heterocycles. The zero-order valence-corrected chi connectivity index (χ0v) is 14.3. The normalized spacial score (nSPS) is 10.4. The van der Waals surface area contributed by atoms with Crippen LogP contribution in [0, 0.1) is 13.8 Å². The second-order valence-electron chi connectivity index (χ2n) is 4.52. The molecular formula is C14H14Cl2N4OS. The molecule has 2 N–H and O–H groups in total. The molecule has 0 saturated heterocycles. The molecule has 1 aromatic carbocycles. The Balaban J connectivity index is 1.84. The van der Waals surface area contributed by atoms with Crippen LogP contribution in [0.4, 0.5) is 5.69 Å². The Hall–Kier alpha value is -1.50. The van der Waals surface area contributed by atoms with Crippen LogP contribution in [0.1, 0.15) is 11.4 Å². The predicted molar refractivity (Wildman–Crippen MR) is 90.5 cm³/mol. The zero-order chi connectivity index (χ0) is 16.1. The van der Waals surface area contributed by atoms with Gasteiger partial charge < -0.3 is 0 Å². The Morgan fingerprint density at radius 2 is 1.82 bits per heavy atom. The molecule has 0 saturated carbocycles. The molecule has 0 spiro atoms. The molecular weight excluding hydrogens is 343 g/mol. The first kappa shape index (κ1) is 16.9.